The minimum atomic E-state index is -0.0212. The van der Waals surface area contributed by atoms with E-state index in [0.717, 1.165) is 10.4 Å². The summed E-state index contributed by atoms with van der Waals surface area (Å²) in [5, 5.41) is 2.05. The Labute approximate surface area is 127 Å². The molecule has 0 saturated heterocycles. The van der Waals surface area contributed by atoms with E-state index in [1.165, 1.54) is 23.2 Å². The lowest BCUT2D eigenvalue weighted by Crippen LogP contribution is -2.00. The van der Waals surface area contributed by atoms with Crippen LogP contribution in [0.25, 0.3) is 0 Å². The van der Waals surface area contributed by atoms with Gasteiger partial charge in [0.25, 0.3) is 0 Å². The first kappa shape index (κ1) is 13.6. The Bertz CT molecular complexity index is 738. The average Bonchev–Trinajstić information content (AvgIpc) is 3.05. The Hall–Kier alpha value is -2.33. The number of hydrogen-bond donors (Lipinski definition) is 0. The van der Waals surface area contributed by atoms with Crippen LogP contribution in [0, 0.1) is 0 Å². The van der Waals surface area contributed by atoms with Gasteiger partial charge < -0.3 is 0 Å². The van der Waals surface area contributed by atoms with Crippen LogP contribution in [0.4, 0.5) is 0 Å². The Balaban J connectivity index is 1.85. The molecule has 3 rings (SSSR count). The van der Waals surface area contributed by atoms with Crippen LogP contribution in [0.3, 0.4) is 0 Å². The standard InChI is InChI=1S/C17H14N2OS/c1-12(13-5-3-2-4-6-13)14-7-16(21-10-14)17(20)15-8-18-11-19-9-15/h2-12H,1H3/t12-/m0/s1. The maximum Gasteiger partial charge on any atom is 0.206 e. The lowest BCUT2D eigenvalue weighted by Gasteiger charge is -2.09. The molecule has 1 atom stereocenters. The first-order valence-corrected chi connectivity index (χ1v) is 7.57. The second-order valence-corrected chi connectivity index (χ2v) is 5.74. The molecule has 3 aromatic rings. The van der Waals surface area contributed by atoms with Gasteiger partial charge in [-0.05, 0) is 22.6 Å². The molecule has 3 nitrogen and oxygen atoms in total. The zero-order valence-electron chi connectivity index (χ0n) is 11.6. The number of nitrogens with zero attached hydrogens (tertiary/aromatic N) is 2. The van der Waals surface area contributed by atoms with Crippen LogP contribution in [-0.2, 0) is 0 Å². The van der Waals surface area contributed by atoms with Crippen molar-refractivity contribution in [2.24, 2.45) is 0 Å². The molecule has 21 heavy (non-hydrogen) atoms. The van der Waals surface area contributed by atoms with Crippen molar-refractivity contribution in [3.63, 3.8) is 0 Å². The van der Waals surface area contributed by atoms with Gasteiger partial charge in [0.15, 0.2) is 0 Å². The third-order valence-corrected chi connectivity index (χ3v) is 4.41. The minimum Gasteiger partial charge on any atom is -0.288 e. The number of benzene rings is 1. The molecule has 0 spiro atoms. The maximum absolute atomic E-state index is 12.3. The third kappa shape index (κ3) is 2.90. The summed E-state index contributed by atoms with van der Waals surface area (Å²) in [4.78, 5) is 20.9. The van der Waals surface area contributed by atoms with Crippen molar-refractivity contribution in [2.45, 2.75) is 12.8 Å². The Morgan fingerprint density at radius 2 is 1.81 bits per heavy atom. The predicted molar refractivity (Wildman–Crippen MR) is 83.7 cm³/mol. The van der Waals surface area contributed by atoms with Crippen molar-refractivity contribution < 1.29 is 4.79 Å². The molecule has 0 aliphatic heterocycles. The molecule has 0 aliphatic carbocycles. The fraction of sp³-hybridized carbons (Fsp3) is 0.118. The molecule has 2 heterocycles. The maximum atomic E-state index is 12.3. The van der Waals surface area contributed by atoms with Crippen molar-refractivity contribution in [1.29, 1.82) is 0 Å². The van der Waals surface area contributed by atoms with E-state index in [9.17, 15) is 4.79 Å². The SMILES string of the molecule is C[C@@H](c1ccccc1)c1csc(C(=O)c2cncnc2)c1. The second kappa shape index (κ2) is 5.97. The van der Waals surface area contributed by atoms with E-state index in [4.69, 9.17) is 0 Å². The normalized spacial score (nSPS) is 12.0. The summed E-state index contributed by atoms with van der Waals surface area (Å²) in [5.41, 5.74) is 2.93. The van der Waals surface area contributed by atoms with Crippen LogP contribution in [0.2, 0.25) is 0 Å². The van der Waals surface area contributed by atoms with Gasteiger partial charge in [-0.2, -0.15) is 0 Å². The number of ketones is 1. The van der Waals surface area contributed by atoms with Crippen molar-refractivity contribution >= 4 is 17.1 Å². The first-order valence-electron chi connectivity index (χ1n) is 6.69. The second-order valence-electron chi connectivity index (χ2n) is 4.83. The molecular formula is C17H14N2OS. The van der Waals surface area contributed by atoms with E-state index >= 15 is 0 Å². The van der Waals surface area contributed by atoms with Gasteiger partial charge in [-0.15, -0.1) is 11.3 Å². The third-order valence-electron chi connectivity index (χ3n) is 3.47. The van der Waals surface area contributed by atoms with Crippen LogP contribution in [0.5, 0.6) is 0 Å². The smallest absolute Gasteiger partial charge is 0.206 e. The van der Waals surface area contributed by atoms with Gasteiger partial charge in [0, 0.05) is 18.3 Å². The number of hydrogen-bond acceptors (Lipinski definition) is 4. The molecule has 0 radical (unpaired) electrons. The summed E-state index contributed by atoms with van der Waals surface area (Å²) in [5.74, 6) is 0.253. The molecule has 2 aromatic heterocycles. The number of aromatic nitrogens is 2. The van der Waals surface area contributed by atoms with Gasteiger partial charge in [-0.25, -0.2) is 9.97 Å². The van der Waals surface area contributed by atoms with E-state index in [0.29, 0.717) is 5.56 Å². The highest BCUT2D eigenvalue weighted by Crippen LogP contribution is 2.28. The Kier molecular flexibility index (Phi) is 3.88. The average molecular weight is 294 g/mol. The fourth-order valence-electron chi connectivity index (χ4n) is 2.19. The van der Waals surface area contributed by atoms with Gasteiger partial charge in [0.05, 0.1) is 10.4 Å². The van der Waals surface area contributed by atoms with Crippen LogP contribution < -0.4 is 0 Å². The molecule has 0 unspecified atom stereocenters. The molecule has 1 aromatic carbocycles. The van der Waals surface area contributed by atoms with E-state index in [1.54, 1.807) is 12.4 Å². The van der Waals surface area contributed by atoms with Gasteiger partial charge in [0.1, 0.15) is 6.33 Å². The lowest BCUT2D eigenvalue weighted by molar-refractivity contribution is 0.104. The number of thiophene rings is 1. The summed E-state index contributed by atoms with van der Waals surface area (Å²) in [6.45, 7) is 2.15. The minimum absolute atomic E-state index is 0.0212. The van der Waals surface area contributed by atoms with Crippen LogP contribution >= 0.6 is 11.3 Å². The summed E-state index contributed by atoms with van der Waals surface area (Å²) in [6, 6.07) is 12.3. The zero-order valence-corrected chi connectivity index (χ0v) is 12.4. The van der Waals surface area contributed by atoms with E-state index in [1.807, 2.05) is 24.3 Å². The topological polar surface area (TPSA) is 42.9 Å². The lowest BCUT2D eigenvalue weighted by atomic mass is 9.95. The van der Waals surface area contributed by atoms with E-state index < -0.39 is 0 Å². The largest absolute Gasteiger partial charge is 0.288 e. The fourth-order valence-corrected chi connectivity index (χ4v) is 3.15. The summed E-state index contributed by atoms with van der Waals surface area (Å²) < 4.78 is 0. The number of rotatable bonds is 4. The van der Waals surface area contributed by atoms with Crippen LogP contribution in [0.1, 0.15) is 39.2 Å². The molecule has 104 valence electrons. The van der Waals surface area contributed by atoms with Gasteiger partial charge >= 0.3 is 0 Å². The van der Waals surface area contributed by atoms with Gasteiger partial charge in [-0.3, -0.25) is 4.79 Å². The number of carbonyl (C=O) groups is 1. The Morgan fingerprint density at radius 3 is 2.52 bits per heavy atom. The van der Waals surface area contributed by atoms with Crippen molar-refractivity contribution in [2.75, 3.05) is 0 Å². The van der Waals surface area contributed by atoms with Crippen LogP contribution in [-0.4, -0.2) is 15.8 Å². The molecule has 0 fully saturated rings. The number of carbonyl (C=O) groups excluding carboxylic acids is 1. The van der Waals surface area contributed by atoms with E-state index in [2.05, 4.69) is 34.4 Å². The van der Waals surface area contributed by atoms with Gasteiger partial charge in [0.2, 0.25) is 5.78 Å². The predicted octanol–water partition coefficient (Wildman–Crippen LogP) is 3.92. The summed E-state index contributed by atoms with van der Waals surface area (Å²) in [6.07, 6.45) is 4.53. The zero-order chi connectivity index (χ0) is 14.7. The van der Waals surface area contributed by atoms with Crippen molar-refractivity contribution in [3.05, 3.63) is 82.1 Å². The summed E-state index contributed by atoms with van der Waals surface area (Å²) in [7, 11) is 0. The molecule has 4 heteroatoms. The van der Waals surface area contributed by atoms with E-state index in [-0.39, 0.29) is 11.7 Å². The molecular weight excluding hydrogens is 280 g/mol. The van der Waals surface area contributed by atoms with Crippen LogP contribution in [0.15, 0.2) is 60.5 Å². The Morgan fingerprint density at radius 1 is 1.10 bits per heavy atom. The molecule has 0 bridgehead atoms. The quantitative estimate of drug-likeness (QED) is 0.685. The monoisotopic (exact) mass is 294 g/mol. The molecule has 0 amide bonds. The highest BCUT2D eigenvalue weighted by atomic mass is 32.1. The molecule has 0 N–H and O–H groups in total. The molecule has 0 aliphatic rings. The first-order chi connectivity index (χ1) is 10.3. The van der Waals surface area contributed by atoms with Crippen molar-refractivity contribution in [1.82, 2.24) is 9.97 Å². The van der Waals surface area contributed by atoms with Crippen molar-refractivity contribution in [3.8, 4) is 0 Å². The summed E-state index contributed by atoms with van der Waals surface area (Å²) >= 11 is 1.47. The highest BCUT2D eigenvalue weighted by Gasteiger charge is 2.15. The molecule has 0 saturated carbocycles. The van der Waals surface area contributed by atoms with Gasteiger partial charge in [-0.1, -0.05) is 37.3 Å². The highest BCUT2D eigenvalue weighted by molar-refractivity contribution is 7.12.